The van der Waals surface area contributed by atoms with E-state index in [0.717, 1.165) is 0 Å². The molecule has 0 radical (unpaired) electrons. The first-order chi connectivity index (χ1) is 20.3. The number of benzene rings is 3. The maximum atomic E-state index is 13.6. The molecular weight excluding hydrogens is 572 g/mol. The molecule has 12 heteroatoms. The number of rotatable bonds is 11. The lowest BCUT2D eigenvalue weighted by atomic mass is 10.2. The predicted molar refractivity (Wildman–Crippen MR) is 163 cm³/mol. The average Bonchev–Trinajstić information content (AvgIpc) is 2.95. The van der Waals surface area contributed by atoms with Crippen molar-refractivity contribution in [3.63, 3.8) is 0 Å². The molecule has 0 spiro atoms. The first-order valence-electron chi connectivity index (χ1n) is 13.5. The summed E-state index contributed by atoms with van der Waals surface area (Å²) in [6.07, 6.45) is -0.209. The van der Waals surface area contributed by atoms with Gasteiger partial charge in [-0.25, -0.2) is 18.4 Å². The third-order valence-corrected chi connectivity index (χ3v) is 7.66. The fourth-order valence-electron chi connectivity index (χ4n) is 4.12. The minimum atomic E-state index is -3.94. The highest BCUT2D eigenvalue weighted by Gasteiger charge is 2.22. The third kappa shape index (κ3) is 8.65. The largest absolute Gasteiger partial charge is 0.497 e. The number of carbonyl (C=O) groups excluding carboxylic acids is 2. The van der Waals surface area contributed by atoms with E-state index in [2.05, 4.69) is 20.6 Å². The Morgan fingerprint density at radius 1 is 0.814 bits per heavy atom. The lowest BCUT2D eigenvalue weighted by Gasteiger charge is -2.19. The fraction of sp³-hybridized carbons (Fsp3) is 0.290. The number of anilines is 3. The first-order valence-corrected chi connectivity index (χ1v) is 15.1. The maximum absolute atomic E-state index is 13.6. The van der Waals surface area contributed by atoms with Gasteiger partial charge in [-0.1, -0.05) is 18.2 Å². The van der Waals surface area contributed by atoms with Crippen LogP contribution in [0.3, 0.4) is 0 Å². The number of nitrogens with one attached hydrogen (secondary N) is 2. The number of amides is 1. The Kier molecular flexibility index (Phi) is 9.50. The normalized spacial score (nSPS) is 11.6. The Morgan fingerprint density at radius 2 is 1.47 bits per heavy atom. The highest BCUT2D eigenvalue weighted by molar-refractivity contribution is 7.90. The Labute approximate surface area is 250 Å². The lowest BCUT2D eigenvalue weighted by Crippen LogP contribution is -2.24. The van der Waals surface area contributed by atoms with Crippen molar-refractivity contribution < 1.29 is 32.2 Å². The van der Waals surface area contributed by atoms with E-state index in [4.69, 9.17) is 14.2 Å². The van der Waals surface area contributed by atoms with E-state index in [1.807, 2.05) is 6.07 Å². The van der Waals surface area contributed by atoms with Crippen LogP contribution in [-0.2, 0) is 29.9 Å². The zero-order valence-electron chi connectivity index (χ0n) is 24.6. The van der Waals surface area contributed by atoms with Crippen molar-refractivity contribution >= 4 is 49.9 Å². The van der Waals surface area contributed by atoms with Crippen molar-refractivity contribution in [1.82, 2.24) is 9.97 Å². The highest BCUT2D eigenvalue weighted by Crippen LogP contribution is 2.30. The molecule has 0 fully saturated rings. The molecule has 0 aliphatic heterocycles. The van der Waals surface area contributed by atoms with Gasteiger partial charge in [-0.15, -0.1) is 0 Å². The van der Waals surface area contributed by atoms with Crippen LogP contribution >= 0.6 is 0 Å². The van der Waals surface area contributed by atoms with Gasteiger partial charge in [0.15, 0.2) is 15.7 Å². The SMILES string of the molecule is COc1cc(Nc2nc3ccccc3nc2CS(=O)(=O)c2cccc(NC(=O)CCC(=O)OC(C)(C)C)c2)cc(OC)c1. The van der Waals surface area contributed by atoms with E-state index in [-0.39, 0.29) is 34.9 Å². The second-order valence-corrected chi connectivity index (χ2v) is 12.6. The zero-order chi connectivity index (χ0) is 31.2. The van der Waals surface area contributed by atoms with Crippen LogP contribution in [-0.4, -0.2) is 50.1 Å². The molecule has 0 saturated carbocycles. The summed E-state index contributed by atoms with van der Waals surface area (Å²) in [6, 6.07) is 18.2. The topological polar surface area (TPSA) is 146 Å². The summed E-state index contributed by atoms with van der Waals surface area (Å²) in [6.45, 7) is 5.24. The summed E-state index contributed by atoms with van der Waals surface area (Å²) in [7, 11) is -0.881. The van der Waals surface area contributed by atoms with Crippen molar-refractivity contribution in [1.29, 1.82) is 0 Å². The van der Waals surface area contributed by atoms with Crippen molar-refractivity contribution in [2.24, 2.45) is 0 Å². The Hall–Kier alpha value is -4.71. The number of aromatic nitrogens is 2. The van der Waals surface area contributed by atoms with Crippen LogP contribution in [0.25, 0.3) is 11.0 Å². The van der Waals surface area contributed by atoms with Crippen LogP contribution in [0.5, 0.6) is 11.5 Å². The van der Waals surface area contributed by atoms with Gasteiger partial charge in [0.2, 0.25) is 5.91 Å². The molecule has 226 valence electrons. The number of hydrogen-bond acceptors (Lipinski definition) is 10. The van der Waals surface area contributed by atoms with Gasteiger partial charge in [-0.05, 0) is 51.1 Å². The van der Waals surface area contributed by atoms with Crippen molar-refractivity contribution in [2.45, 2.75) is 49.9 Å². The molecule has 2 N–H and O–H groups in total. The van der Waals surface area contributed by atoms with Crippen molar-refractivity contribution in [3.8, 4) is 11.5 Å². The molecule has 1 amide bonds. The number of sulfone groups is 1. The van der Waals surface area contributed by atoms with Crippen LogP contribution in [0.2, 0.25) is 0 Å². The van der Waals surface area contributed by atoms with E-state index in [1.54, 1.807) is 63.2 Å². The summed E-state index contributed by atoms with van der Waals surface area (Å²) in [5.74, 6) is -0.0773. The standard InChI is InChI=1S/C31H34N4O7S/c1-31(2,3)42-29(37)14-13-28(36)32-20-9-8-10-24(17-20)43(38,39)19-27-30(35-26-12-7-6-11-25(26)34-27)33-21-15-22(40-4)18-23(16-21)41-5/h6-12,15-18H,13-14,19H2,1-5H3,(H,32,36)(H,33,35). The Balaban J connectivity index is 1.57. The number of nitrogens with zero attached hydrogens (tertiary/aromatic N) is 2. The predicted octanol–water partition coefficient (Wildman–Crippen LogP) is 5.42. The van der Waals surface area contributed by atoms with E-state index in [0.29, 0.717) is 28.2 Å². The lowest BCUT2D eigenvalue weighted by molar-refractivity contribution is -0.155. The van der Waals surface area contributed by atoms with Crippen LogP contribution < -0.4 is 20.1 Å². The van der Waals surface area contributed by atoms with E-state index in [1.165, 1.54) is 32.4 Å². The van der Waals surface area contributed by atoms with Gasteiger partial charge >= 0.3 is 5.97 Å². The molecule has 0 saturated heterocycles. The highest BCUT2D eigenvalue weighted by atomic mass is 32.2. The molecule has 0 atom stereocenters. The quantitative estimate of drug-likeness (QED) is 0.212. The molecule has 43 heavy (non-hydrogen) atoms. The summed E-state index contributed by atoms with van der Waals surface area (Å²) >= 11 is 0. The molecular formula is C31H34N4O7S. The second kappa shape index (κ2) is 13.1. The minimum Gasteiger partial charge on any atom is -0.497 e. The van der Waals surface area contributed by atoms with Crippen molar-refractivity contribution in [3.05, 3.63) is 72.4 Å². The van der Waals surface area contributed by atoms with E-state index in [9.17, 15) is 18.0 Å². The Morgan fingerprint density at radius 3 is 2.09 bits per heavy atom. The van der Waals surface area contributed by atoms with Crippen LogP contribution in [0, 0.1) is 0 Å². The number of carbonyl (C=O) groups is 2. The molecule has 1 aromatic heterocycles. The monoisotopic (exact) mass is 606 g/mol. The van der Waals surface area contributed by atoms with Gasteiger partial charge in [0, 0.05) is 36.0 Å². The molecule has 0 unspecified atom stereocenters. The molecule has 0 aliphatic rings. The minimum absolute atomic E-state index is 0.0126. The van der Waals surface area contributed by atoms with Gasteiger partial charge in [-0.3, -0.25) is 9.59 Å². The summed E-state index contributed by atoms with van der Waals surface area (Å²) in [5, 5.41) is 5.82. The first kappa shape index (κ1) is 31.2. The summed E-state index contributed by atoms with van der Waals surface area (Å²) in [4.78, 5) is 33.7. The summed E-state index contributed by atoms with van der Waals surface area (Å²) < 4.78 is 43.2. The molecule has 3 aromatic carbocycles. The van der Waals surface area contributed by atoms with Gasteiger partial charge in [-0.2, -0.15) is 0 Å². The Bertz CT molecular complexity index is 1730. The molecule has 4 aromatic rings. The van der Waals surface area contributed by atoms with Crippen LogP contribution in [0.1, 0.15) is 39.3 Å². The molecule has 0 aliphatic carbocycles. The molecule has 0 bridgehead atoms. The number of esters is 1. The average molecular weight is 607 g/mol. The second-order valence-electron chi connectivity index (χ2n) is 10.7. The van der Waals surface area contributed by atoms with Crippen LogP contribution in [0.15, 0.2) is 71.6 Å². The fourth-order valence-corrected chi connectivity index (χ4v) is 5.44. The zero-order valence-corrected chi connectivity index (χ0v) is 25.4. The van der Waals surface area contributed by atoms with Crippen molar-refractivity contribution in [2.75, 3.05) is 24.9 Å². The number of para-hydroxylation sites is 2. The number of fused-ring (bicyclic) bond motifs is 1. The van der Waals surface area contributed by atoms with Gasteiger partial charge in [0.05, 0.1) is 42.3 Å². The van der Waals surface area contributed by atoms with E-state index >= 15 is 0 Å². The van der Waals surface area contributed by atoms with Gasteiger partial charge < -0.3 is 24.8 Å². The molecule has 4 rings (SSSR count). The summed E-state index contributed by atoms with van der Waals surface area (Å²) in [5.41, 5.74) is 1.51. The van der Waals surface area contributed by atoms with Crippen LogP contribution in [0.4, 0.5) is 17.2 Å². The smallest absolute Gasteiger partial charge is 0.306 e. The molecule has 1 heterocycles. The van der Waals surface area contributed by atoms with Gasteiger partial charge in [0.1, 0.15) is 22.9 Å². The number of hydrogen-bond donors (Lipinski definition) is 2. The maximum Gasteiger partial charge on any atom is 0.306 e. The third-order valence-electron chi connectivity index (χ3n) is 6.04. The number of ether oxygens (including phenoxy) is 3. The molecule has 11 nitrogen and oxygen atoms in total. The number of methoxy groups -OCH3 is 2. The van der Waals surface area contributed by atoms with E-state index < -0.39 is 33.1 Å². The van der Waals surface area contributed by atoms with Gasteiger partial charge in [0.25, 0.3) is 0 Å².